The van der Waals surface area contributed by atoms with E-state index in [0.717, 1.165) is 23.3 Å². The molecule has 0 aliphatic carbocycles. The maximum Gasteiger partial charge on any atom is 0.408 e. The van der Waals surface area contributed by atoms with Crippen molar-refractivity contribution in [2.24, 2.45) is 0 Å². The summed E-state index contributed by atoms with van der Waals surface area (Å²) in [6.07, 6.45) is 6.59. The fourth-order valence-corrected chi connectivity index (χ4v) is 2.83. The van der Waals surface area contributed by atoms with E-state index < -0.39 is 23.6 Å². The van der Waals surface area contributed by atoms with Crippen LogP contribution in [0, 0.1) is 19.4 Å². The van der Waals surface area contributed by atoms with Gasteiger partial charge in [0.15, 0.2) is 0 Å². The highest BCUT2D eigenvalue weighted by molar-refractivity contribution is 5.91. The number of carbonyl (C=O) groups excluding carboxylic acids is 3. The Hall–Kier alpha value is -3.01. The second-order valence-corrected chi connectivity index (χ2v) is 8.26. The van der Waals surface area contributed by atoms with Gasteiger partial charge in [-0.1, -0.05) is 49.6 Å². The van der Waals surface area contributed by atoms with Crippen molar-refractivity contribution in [3.63, 3.8) is 0 Å². The number of benzene rings is 1. The number of nitrogens with one attached hydrogen (secondary N) is 2. The summed E-state index contributed by atoms with van der Waals surface area (Å²) in [6, 6.07) is 8.46. The Morgan fingerprint density at radius 1 is 1.20 bits per heavy atom. The number of terminal acetylenes is 1. The summed E-state index contributed by atoms with van der Waals surface area (Å²) in [5.74, 6) is -0.962. The van der Waals surface area contributed by atoms with E-state index in [1.807, 2.05) is 32.9 Å². The first-order valence-corrected chi connectivity index (χ1v) is 10.1. The Morgan fingerprint density at radius 2 is 1.80 bits per heavy atom. The van der Waals surface area contributed by atoms with E-state index in [-0.39, 0.29) is 18.5 Å². The first-order chi connectivity index (χ1) is 14.0. The lowest BCUT2D eigenvalue weighted by atomic mass is 10.0. The summed E-state index contributed by atoms with van der Waals surface area (Å²) >= 11 is 0. The molecule has 0 saturated carbocycles. The number of amides is 3. The van der Waals surface area contributed by atoms with Crippen LogP contribution in [0.4, 0.5) is 4.79 Å². The molecule has 1 aromatic carbocycles. The minimum Gasteiger partial charge on any atom is -0.444 e. The van der Waals surface area contributed by atoms with Gasteiger partial charge < -0.3 is 15.4 Å². The maximum atomic E-state index is 13.0. The molecule has 1 aromatic rings. The summed E-state index contributed by atoms with van der Waals surface area (Å²) in [4.78, 5) is 38.7. The lowest BCUT2D eigenvalue weighted by Gasteiger charge is -2.28. The van der Waals surface area contributed by atoms with E-state index in [1.54, 1.807) is 32.9 Å². The Bertz CT molecular complexity index is 775. The second-order valence-electron chi connectivity index (χ2n) is 8.26. The zero-order valence-corrected chi connectivity index (χ0v) is 18.7. The van der Waals surface area contributed by atoms with Crippen LogP contribution in [0.2, 0.25) is 0 Å². The van der Waals surface area contributed by atoms with Gasteiger partial charge in [-0.15, -0.1) is 0 Å². The van der Waals surface area contributed by atoms with Crippen LogP contribution in [-0.2, 0) is 14.3 Å². The summed E-state index contributed by atoms with van der Waals surface area (Å²) in [5.41, 5.74) is 0.909. The molecule has 0 spiro atoms. The molecule has 0 fully saturated rings. The smallest absolute Gasteiger partial charge is 0.408 e. The van der Waals surface area contributed by atoms with Gasteiger partial charge in [0.05, 0.1) is 0 Å². The van der Waals surface area contributed by atoms with Gasteiger partial charge in [0.25, 0.3) is 5.91 Å². The molecule has 2 N–H and O–H groups in total. The molecule has 0 bridgehead atoms. The number of hydrogen-bond acceptors (Lipinski definition) is 4. The second kappa shape index (κ2) is 11.2. The van der Waals surface area contributed by atoms with Gasteiger partial charge in [0.1, 0.15) is 18.2 Å². The predicted molar refractivity (Wildman–Crippen MR) is 116 cm³/mol. The van der Waals surface area contributed by atoms with E-state index >= 15 is 0 Å². The van der Waals surface area contributed by atoms with Gasteiger partial charge in [-0.25, -0.2) is 4.79 Å². The molecule has 0 heterocycles. The molecule has 0 saturated heterocycles. The van der Waals surface area contributed by atoms with E-state index in [4.69, 9.17) is 11.2 Å². The Morgan fingerprint density at radius 3 is 2.30 bits per heavy atom. The number of nitrogens with zero attached hydrogens (tertiary/aromatic N) is 1. The Kier molecular flexibility index (Phi) is 9.38. The molecule has 0 radical (unpaired) electrons. The van der Waals surface area contributed by atoms with Crippen LogP contribution < -0.4 is 10.6 Å². The van der Waals surface area contributed by atoms with Gasteiger partial charge >= 0.3 is 6.09 Å². The van der Waals surface area contributed by atoms with E-state index in [2.05, 4.69) is 16.7 Å². The van der Waals surface area contributed by atoms with Crippen molar-refractivity contribution in [3.8, 4) is 12.5 Å². The molecule has 30 heavy (non-hydrogen) atoms. The zero-order chi connectivity index (χ0) is 22.9. The van der Waals surface area contributed by atoms with Crippen LogP contribution in [-0.4, -0.2) is 41.0 Å². The maximum absolute atomic E-state index is 13.0. The van der Waals surface area contributed by atoms with Crippen LogP contribution in [0.3, 0.4) is 0 Å². The lowest BCUT2D eigenvalue weighted by molar-refractivity contribution is -0.136. The molecular formula is C23H33N3O4. The third kappa shape index (κ3) is 8.16. The van der Waals surface area contributed by atoms with Crippen LogP contribution in [0.25, 0.3) is 0 Å². The summed E-state index contributed by atoms with van der Waals surface area (Å²) in [6.45, 7) is 10.6. The monoisotopic (exact) mass is 415 g/mol. The standard InChI is InChI=1S/C23H33N3O4/c1-8-10-17(4)25-21(28)20(18-13-11-16(3)12-14-18)26(9-2)19(27)15-24-22(29)30-23(5,6)7/h2,11-14,17,20H,8,10,15H2,1,3-7H3,(H,24,29)(H,25,28). The number of alkyl carbamates (subject to hydrolysis) is 1. The normalized spacial score (nSPS) is 12.8. The summed E-state index contributed by atoms with van der Waals surface area (Å²) in [5, 5.41) is 5.31. The Labute approximate surface area is 179 Å². The fourth-order valence-electron chi connectivity index (χ4n) is 2.83. The molecule has 164 valence electrons. The number of aryl methyl sites for hydroxylation is 1. The average Bonchev–Trinajstić information content (AvgIpc) is 2.63. The summed E-state index contributed by atoms with van der Waals surface area (Å²) < 4.78 is 5.14. The van der Waals surface area contributed by atoms with Gasteiger partial charge in [-0.2, -0.15) is 0 Å². The molecule has 3 amide bonds. The van der Waals surface area contributed by atoms with Crippen molar-refractivity contribution in [2.45, 2.75) is 72.1 Å². The number of ether oxygens (including phenoxy) is 1. The van der Waals surface area contributed by atoms with E-state index in [0.29, 0.717) is 5.56 Å². The molecule has 0 aliphatic rings. The predicted octanol–water partition coefficient (Wildman–Crippen LogP) is 3.28. The van der Waals surface area contributed by atoms with Crippen molar-refractivity contribution in [3.05, 3.63) is 35.4 Å². The van der Waals surface area contributed by atoms with Crippen molar-refractivity contribution in [1.82, 2.24) is 15.5 Å². The lowest BCUT2D eigenvalue weighted by Crippen LogP contribution is -2.47. The fraction of sp³-hybridized carbons (Fsp3) is 0.522. The highest BCUT2D eigenvalue weighted by Crippen LogP contribution is 2.22. The van der Waals surface area contributed by atoms with E-state index in [1.165, 1.54) is 0 Å². The number of carbonyl (C=O) groups is 3. The molecule has 7 nitrogen and oxygen atoms in total. The zero-order valence-electron chi connectivity index (χ0n) is 18.7. The highest BCUT2D eigenvalue weighted by atomic mass is 16.6. The largest absolute Gasteiger partial charge is 0.444 e. The van der Waals surface area contributed by atoms with Crippen molar-refractivity contribution < 1.29 is 19.1 Å². The molecule has 2 atom stereocenters. The van der Waals surface area contributed by atoms with Gasteiger partial charge in [0, 0.05) is 12.1 Å². The summed E-state index contributed by atoms with van der Waals surface area (Å²) in [7, 11) is 0. The first kappa shape index (κ1) is 25.0. The van der Waals surface area contributed by atoms with Crippen molar-refractivity contribution >= 4 is 17.9 Å². The van der Waals surface area contributed by atoms with Gasteiger partial charge in [-0.3, -0.25) is 14.5 Å². The SMILES string of the molecule is C#CN(C(=O)CNC(=O)OC(C)(C)C)C(C(=O)NC(C)CCC)c1ccc(C)cc1. The van der Waals surface area contributed by atoms with Gasteiger partial charge in [-0.05, 0) is 46.6 Å². The van der Waals surface area contributed by atoms with Gasteiger partial charge in [0.2, 0.25) is 5.91 Å². The molecule has 7 heteroatoms. The molecule has 0 aliphatic heterocycles. The Balaban J connectivity index is 3.05. The van der Waals surface area contributed by atoms with Crippen LogP contribution >= 0.6 is 0 Å². The molecule has 2 unspecified atom stereocenters. The topological polar surface area (TPSA) is 87.7 Å². The van der Waals surface area contributed by atoms with Crippen molar-refractivity contribution in [2.75, 3.05) is 6.54 Å². The minimum absolute atomic E-state index is 0.0648. The van der Waals surface area contributed by atoms with E-state index in [9.17, 15) is 14.4 Å². The van der Waals surface area contributed by atoms with Crippen LogP contribution in [0.15, 0.2) is 24.3 Å². The molecule has 0 aromatic heterocycles. The van der Waals surface area contributed by atoms with Crippen LogP contribution in [0.5, 0.6) is 0 Å². The molecule has 1 rings (SSSR count). The van der Waals surface area contributed by atoms with Crippen LogP contribution in [0.1, 0.15) is 64.6 Å². The number of hydrogen-bond donors (Lipinski definition) is 2. The quantitative estimate of drug-likeness (QED) is 0.504. The molecular weight excluding hydrogens is 382 g/mol. The third-order valence-electron chi connectivity index (χ3n) is 4.20. The highest BCUT2D eigenvalue weighted by Gasteiger charge is 2.31. The minimum atomic E-state index is -1.01. The average molecular weight is 416 g/mol. The van der Waals surface area contributed by atoms with Crippen molar-refractivity contribution in [1.29, 1.82) is 0 Å². The number of rotatable bonds is 8. The first-order valence-electron chi connectivity index (χ1n) is 10.1. The third-order valence-corrected chi connectivity index (χ3v) is 4.20.